The number of nitrogens with two attached hydrogens (primary N) is 2. The average Bonchev–Trinajstić information content (AvgIpc) is 3.97. The lowest BCUT2D eigenvalue weighted by Crippen LogP contribution is -2.59. The number of nitrogens with zero attached hydrogens (tertiary/aromatic N) is 1. The number of aromatic nitrogens is 2. The fourth-order valence-corrected chi connectivity index (χ4v) is 8.05. The highest BCUT2D eigenvalue weighted by Crippen LogP contribution is 2.24. The quantitative estimate of drug-likeness (QED) is 0.0485. The minimum absolute atomic E-state index is 0.000927. The summed E-state index contributed by atoms with van der Waals surface area (Å²) in [7, 11) is 0. The van der Waals surface area contributed by atoms with Crippen molar-refractivity contribution in [1.82, 2.24) is 41.5 Å². The highest BCUT2D eigenvalue weighted by molar-refractivity contribution is 5.97. The smallest absolute Gasteiger partial charge is 0.243 e. The van der Waals surface area contributed by atoms with Crippen LogP contribution in [0.25, 0.3) is 21.8 Å². The predicted molar refractivity (Wildman–Crippen MR) is 237 cm³/mol. The van der Waals surface area contributed by atoms with Crippen LogP contribution in [-0.4, -0.2) is 106 Å². The van der Waals surface area contributed by atoms with Crippen LogP contribution >= 0.6 is 0 Å². The number of likely N-dealkylation sites (tertiary alicyclic amines) is 1. The number of aromatic amines is 2. The van der Waals surface area contributed by atoms with Crippen molar-refractivity contribution in [3.8, 4) is 0 Å². The van der Waals surface area contributed by atoms with Crippen LogP contribution in [-0.2, 0) is 52.8 Å². The van der Waals surface area contributed by atoms with Crippen molar-refractivity contribution in [2.75, 3.05) is 13.1 Å². The van der Waals surface area contributed by atoms with Gasteiger partial charge in [0.15, 0.2) is 0 Å². The molecule has 6 rings (SSSR count). The Bertz CT molecular complexity index is 2430. The number of fused-ring (bicyclic) bond motifs is 2. The zero-order valence-electron chi connectivity index (χ0n) is 35.4. The van der Waals surface area contributed by atoms with Gasteiger partial charge in [-0.25, -0.2) is 0 Å². The Morgan fingerprint density at radius 1 is 0.698 bits per heavy atom. The molecule has 0 saturated carbocycles. The second kappa shape index (κ2) is 21.2. The Morgan fingerprint density at radius 3 is 1.86 bits per heavy atom. The average molecular weight is 861 g/mol. The molecule has 63 heavy (non-hydrogen) atoms. The summed E-state index contributed by atoms with van der Waals surface area (Å²) in [5.74, 6) is -3.98. The molecule has 1 fully saturated rings. The lowest BCUT2D eigenvalue weighted by molar-refractivity contribution is -0.139. The number of hydrogen-bond acceptors (Lipinski definition) is 8. The van der Waals surface area contributed by atoms with E-state index in [9.17, 15) is 33.6 Å². The van der Waals surface area contributed by atoms with Crippen molar-refractivity contribution in [2.24, 2.45) is 11.5 Å². The molecule has 332 valence electrons. The molecule has 5 aromatic rings. The second-order valence-electron chi connectivity index (χ2n) is 16.1. The summed E-state index contributed by atoms with van der Waals surface area (Å²) in [6.07, 6.45) is 5.14. The van der Waals surface area contributed by atoms with Gasteiger partial charge in [0.05, 0.1) is 6.04 Å². The molecule has 7 amide bonds. The van der Waals surface area contributed by atoms with Gasteiger partial charge in [0.1, 0.15) is 30.2 Å². The SMILES string of the molecule is CC(=O)N[C@@H]1CC(=O)N([C@H](Cc2c[nH]c3ccccc23)C(=O)N[C@@H](C)C(=O)N[C@@H](Cc2c[nH]c3ccccc23)C(=O)N[C@H](Cc2ccccc2)C(=O)N[C@@H](CCCCN)C(N)=O)C1. The van der Waals surface area contributed by atoms with E-state index in [0.29, 0.717) is 24.9 Å². The molecule has 6 atom stereocenters. The zero-order chi connectivity index (χ0) is 45.0. The van der Waals surface area contributed by atoms with Gasteiger partial charge in [0.2, 0.25) is 41.4 Å². The first-order valence-corrected chi connectivity index (χ1v) is 21.2. The molecular weight excluding hydrogens is 805 g/mol. The van der Waals surface area contributed by atoms with Crippen molar-refractivity contribution in [3.63, 3.8) is 0 Å². The number of hydrogen-bond donors (Lipinski definition) is 9. The Hall–Kier alpha value is -7.01. The lowest BCUT2D eigenvalue weighted by Gasteiger charge is -2.29. The Kier molecular flexibility index (Phi) is 15.3. The van der Waals surface area contributed by atoms with Crippen LogP contribution in [0.1, 0.15) is 56.2 Å². The van der Waals surface area contributed by atoms with Gasteiger partial charge in [0, 0.05) is 73.4 Å². The number of unbranched alkanes of at least 4 members (excludes halogenated alkanes) is 1. The first kappa shape index (κ1) is 45.5. The molecule has 1 saturated heterocycles. The number of benzene rings is 3. The van der Waals surface area contributed by atoms with E-state index in [-0.39, 0.29) is 50.5 Å². The number of primary amides is 1. The maximum absolute atomic E-state index is 14.4. The van der Waals surface area contributed by atoms with Gasteiger partial charge in [0.25, 0.3) is 0 Å². The second-order valence-corrected chi connectivity index (χ2v) is 16.1. The fraction of sp³-hybridized carbons (Fsp3) is 0.370. The van der Waals surface area contributed by atoms with E-state index in [1.807, 2.05) is 54.6 Å². The number of rotatable bonds is 21. The van der Waals surface area contributed by atoms with E-state index in [0.717, 1.165) is 32.9 Å². The van der Waals surface area contributed by atoms with Crippen molar-refractivity contribution in [2.45, 2.75) is 95.0 Å². The summed E-state index contributed by atoms with van der Waals surface area (Å²) in [6.45, 7) is 3.34. The van der Waals surface area contributed by atoms with Gasteiger partial charge in [-0.15, -0.1) is 0 Å². The van der Waals surface area contributed by atoms with E-state index < -0.39 is 65.8 Å². The maximum atomic E-state index is 14.4. The molecule has 3 aromatic carbocycles. The highest BCUT2D eigenvalue weighted by atomic mass is 16.2. The van der Waals surface area contributed by atoms with E-state index in [1.54, 1.807) is 36.7 Å². The predicted octanol–water partition coefficient (Wildman–Crippen LogP) is 1.36. The van der Waals surface area contributed by atoms with Crippen molar-refractivity contribution >= 4 is 63.2 Å². The Labute approximate surface area is 364 Å². The zero-order valence-corrected chi connectivity index (χ0v) is 35.4. The van der Waals surface area contributed by atoms with Crippen molar-refractivity contribution in [3.05, 3.63) is 108 Å². The normalized spacial score (nSPS) is 16.1. The molecule has 0 aliphatic carbocycles. The summed E-state index contributed by atoms with van der Waals surface area (Å²) in [5.41, 5.74) is 15.2. The molecule has 11 N–H and O–H groups in total. The minimum atomic E-state index is -1.25. The molecule has 0 spiro atoms. The van der Waals surface area contributed by atoms with E-state index in [2.05, 4.69) is 36.6 Å². The number of nitrogens with one attached hydrogen (secondary N) is 7. The fourth-order valence-electron chi connectivity index (χ4n) is 8.05. The minimum Gasteiger partial charge on any atom is -0.368 e. The van der Waals surface area contributed by atoms with Crippen LogP contribution in [0.4, 0.5) is 0 Å². The van der Waals surface area contributed by atoms with Gasteiger partial charge in [-0.1, -0.05) is 66.7 Å². The van der Waals surface area contributed by atoms with Gasteiger partial charge >= 0.3 is 0 Å². The maximum Gasteiger partial charge on any atom is 0.243 e. The molecule has 0 radical (unpaired) electrons. The van der Waals surface area contributed by atoms with Gasteiger partial charge in [-0.3, -0.25) is 33.6 Å². The molecule has 3 heterocycles. The van der Waals surface area contributed by atoms with Gasteiger partial charge in [-0.2, -0.15) is 0 Å². The highest BCUT2D eigenvalue weighted by Gasteiger charge is 2.39. The summed E-state index contributed by atoms with van der Waals surface area (Å²) in [6, 6.07) is 17.9. The lowest BCUT2D eigenvalue weighted by atomic mass is 10.0. The van der Waals surface area contributed by atoms with Crippen LogP contribution < -0.4 is 38.1 Å². The molecular formula is C46H56N10O7. The Balaban J connectivity index is 1.24. The van der Waals surface area contributed by atoms with Crippen LogP contribution in [0.15, 0.2) is 91.3 Å². The van der Waals surface area contributed by atoms with Gasteiger partial charge in [-0.05, 0) is 61.6 Å². The third-order valence-electron chi connectivity index (χ3n) is 11.3. The van der Waals surface area contributed by atoms with Crippen LogP contribution in [0.2, 0.25) is 0 Å². The summed E-state index contributed by atoms with van der Waals surface area (Å²) < 4.78 is 0. The summed E-state index contributed by atoms with van der Waals surface area (Å²) in [4.78, 5) is 102. The number of amides is 7. The van der Waals surface area contributed by atoms with Crippen LogP contribution in [0.3, 0.4) is 0 Å². The van der Waals surface area contributed by atoms with Crippen LogP contribution in [0.5, 0.6) is 0 Å². The number of carbonyl (C=O) groups is 7. The largest absolute Gasteiger partial charge is 0.368 e. The summed E-state index contributed by atoms with van der Waals surface area (Å²) >= 11 is 0. The molecule has 0 unspecified atom stereocenters. The van der Waals surface area contributed by atoms with Crippen molar-refractivity contribution in [1.29, 1.82) is 0 Å². The number of carbonyl (C=O) groups excluding carboxylic acids is 7. The molecule has 0 bridgehead atoms. The standard InChI is InChI=1S/C46H56N10O7/c1-27(51-46(63)40(56-26-32(23-41(56)58)52-28(2)57)22-31-25-50-36-17-9-7-15-34(31)36)43(60)54-39(21-30-24-49-35-16-8-6-14-33(30)35)45(62)55-38(20-29-12-4-3-5-13-29)44(61)53-37(42(48)59)18-10-11-19-47/h3-9,12-17,24-25,27,32,37-40,49-50H,10-11,18-23,26,47H2,1-2H3,(H2,48,59)(H,51,63)(H,52,57)(H,53,61)(H,54,60)(H,55,62)/t27-,32+,37-,38+,39-,40+/m0/s1. The Morgan fingerprint density at radius 2 is 1.25 bits per heavy atom. The molecule has 1 aliphatic heterocycles. The molecule has 2 aromatic heterocycles. The van der Waals surface area contributed by atoms with E-state index in [4.69, 9.17) is 11.5 Å². The molecule has 17 heteroatoms. The molecule has 1 aliphatic rings. The topological polar surface area (TPSA) is 266 Å². The third kappa shape index (κ3) is 11.9. The summed E-state index contributed by atoms with van der Waals surface area (Å²) in [5, 5.41) is 15.6. The van der Waals surface area contributed by atoms with Crippen LogP contribution in [0, 0.1) is 0 Å². The third-order valence-corrected chi connectivity index (χ3v) is 11.3. The van der Waals surface area contributed by atoms with E-state index in [1.165, 1.54) is 18.7 Å². The number of para-hydroxylation sites is 2. The van der Waals surface area contributed by atoms with E-state index >= 15 is 0 Å². The monoisotopic (exact) mass is 860 g/mol. The van der Waals surface area contributed by atoms with Gasteiger partial charge < -0.3 is 52.9 Å². The number of H-pyrrole nitrogens is 2. The first-order valence-electron chi connectivity index (χ1n) is 21.2. The van der Waals surface area contributed by atoms with Crippen molar-refractivity contribution < 1.29 is 33.6 Å². The molecule has 17 nitrogen and oxygen atoms in total. The first-order chi connectivity index (χ1) is 30.3.